The van der Waals surface area contributed by atoms with E-state index in [1.807, 2.05) is 0 Å². The van der Waals surface area contributed by atoms with Crippen molar-refractivity contribution in [2.75, 3.05) is 19.8 Å². The number of rotatable bonds is 4. The first kappa shape index (κ1) is 16.4. The third-order valence-electron chi connectivity index (χ3n) is 5.32. The Bertz CT molecular complexity index is 540. The second-order valence-corrected chi connectivity index (χ2v) is 6.72. The smallest absolute Gasteiger partial charge is 0.225 e. The fourth-order valence-electron chi connectivity index (χ4n) is 3.77. The van der Waals surface area contributed by atoms with Gasteiger partial charge in [0.05, 0.1) is 12.0 Å². The third kappa shape index (κ3) is 3.56. The van der Waals surface area contributed by atoms with Crippen molar-refractivity contribution in [2.45, 2.75) is 43.6 Å². The normalized spacial score (nSPS) is 26.9. The molecule has 1 aliphatic carbocycles. The monoisotopic (exact) mass is 321 g/mol. The first-order valence-electron chi connectivity index (χ1n) is 8.40. The van der Waals surface area contributed by atoms with E-state index < -0.39 is 6.10 Å². The van der Waals surface area contributed by atoms with Gasteiger partial charge in [-0.1, -0.05) is 12.1 Å². The van der Waals surface area contributed by atoms with E-state index in [2.05, 4.69) is 5.32 Å². The van der Waals surface area contributed by atoms with Gasteiger partial charge >= 0.3 is 0 Å². The number of carbonyl (C=O) groups excluding carboxylic acids is 1. The molecule has 2 fully saturated rings. The molecule has 3 rings (SSSR count). The van der Waals surface area contributed by atoms with Crippen LogP contribution < -0.4 is 5.32 Å². The molecule has 1 amide bonds. The van der Waals surface area contributed by atoms with Gasteiger partial charge in [0.25, 0.3) is 0 Å². The zero-order valence-corrected chi connectivity index (χ0v) is 13.3. The summed E-state index contributed by atoms with van der Waals surface area (Å²) in [6.45, 7) is 1.78. The van der Waals surface area contributed by atoms with E-state index >= 15 is 0 Å². The van der Waals surface area contributed by atoms with Crippen LogP contribution in [0.3, 0.4) is 0 Å². The van der Waals surface area contributed by atoms with Gasteiger partial charge in [-0.2, -0.15) is 0 Å². The summed E-state index contributed by atoms with van der Waals surface area (Å²) < 4.78 is 18.7. The molecule has 1 aromatic rings. The van der Waals surface area contributed by atoms with Crippen LogP contribution in [0.15, 0.2) is 24.3 Å². The quantitative estimate of drug-likeness (QED) is 0.893. The van der Waals surface area contributed by atoms with Crippen molar-refractivity contribution in [3.05, 3.63) is 35.6 Å². The van der Waals surface area contributed by atoms with Crippen LogP contribution in [-0.4, -0.2) is 36.9 Å². The Balaban J connectivity index is 1.72. The van der Waals surface area contributed by atoms with Crippen molar-refractivity contribution in [2.24, 2.45) is 5.92 Å². The van der Waals surface area contributed by atoms with Crippen molar-refractivity contribution in [3.8, 4) is 0 Å². The summed E-state index contributed by atoms with van der Waals surface area (Å²) in [6, 6.07) is 6.54. The van der Waals surface area contributed by atoms with E-state index in [1.54, 1.807) is 12.1 Å². The SMILES string of the molecule is O=C(NCC1(c2ccc(F)cc2)CCOCC1)C1CCCC1O. The lowest BCUT2D eigenvalue weighted by Crippen LogP contribution is -2.46. The lowest BCUT2D eigenvalue weighted by Gasteiger charge is -2.38. The van der Waals surface area contributed by atoms with E-state index in [0.29, 0.717) is 26.2 Å². The summed E-state index contributed by atoms with van der Waals surface area (Å²) in [5, 5.41) is 12.9. The molecule has 2 aliphatic rings. The van der Waals surface area contributed by atoms with E-state index in [4.69, 9.17) is 4.74 Å². The van der Waals surface area contributed by atoms with Crippen molar-refractivity contribution in [3.63, 3.8) is 0 Å². The Hall–Kier alpha value is -1.46. The molecule has 1 aromatic carbocycles. The summed E-state index contributed by atoms with van der Waals surface area (Å²) in [6.07, 6.45) is 3.43. The molecule has 5 heteroatoms. The molecular weight excluding hydrogens is 297 g/mol. The molecule has 1 heterocycles. The fraction of sp³-hybridized carbons (Fsp3) is 0.611. The van der Waals surface area contributed by atoms with Gasteiger partial charge in [0.15, 0.2) is 0 Å². The molecule has 1 saturated heterocycles. The minimum absolute atomic E-state index is 0.0667. The number of amides is 1. The topological polar surface area (TPSA) is 58.6 Å². The number of aliphatic hydroxyl groups excluding tert-OH is 1. The van der Waals surface area contributed by atoms with Gasteiger partial charge in [0.1, 0.15) is 5.82 Å². The number of hydrogen-bond donors (Lipinski definition) is 2. The van der Waals surface area contributed by atoms with Gasteiger partial charge in [-0.3, -0.25) is 4.79 Å². The highest BCUT2D eigenvalue weighted by atomic mass is 19.1. The van der Waals surface area contributed by atoms with Crippen molar-refractivity contribution in [1.29, 1.82) is 0 Å². The summed E-state index contributed by atoms with van der Waals surface area (Å²) in [4.78, 5) is 12.4. The number of nitrogens with one attached hydrogen (secondary N) is 1. The van der Waals surface area contributed by atoms with Crippen LogP contribution in [0.4, 0.5) is 4.39 Å². The Kier molecular flexibility index (Phi) is 4.97. The summed E-state index contributed by atoms with van der Waals surface area (Å²) in [7, 11) is 0. The second-order valence-electron chi connectivity index (χ2n) is 6.72. The molecule has 0 aromatic heterocycles. The van der Waals surface area contributed by atoms with Crippen LogP contribution in [0.5, 0.6) is 0 Å². The molecule has 2 unspecified atom stereocenters. The summed E-state index contributed by atoms with van der Waals surface area (Å²) >= 11 is 0. The Morgan fingerprint density at radius 1 is 1.26 bits per heavy atom. The van der Waals surface area contributed by atoms with Gasteiger partial charge < -0.3 is 15.2 Å². The van der Waals surface area contributed by atoms with Crippen LogP contribution in [0.1, 0.15) is 37.7 Å². The number of ether oxygens (including phenoxy) is 1. The number of aliphatic hydroxyl groups is 1. The highest BCUT2D eigenvalue weighted by molar-refractivity contribution is 5.79. The predicted molar refractivity (Wildman–Crippen MR) is 84.5 cm³/mol. The van der Waals surface area contributed by atoms with Gasteiger partial charge in [-0.15, -0.1) is 0 Å². The highest BCUT2D eigenvalue weighted by Gasteiger charge is 2.37. The van der Waals surface area contributed by atoms with Gasteiger partial charge in [-0.05, 0) is 49.8 Å². The molecular formula is C18H24FNO3. The highest BCUT2D eigenvalue weighted by Crippen LogP contribution is 2.35. The maximum absolute atomic E-state index is 13.2. The number of halogens is 1. The predicted octanol–water partition coefficient (Wildman–Crippen LogP) is 2.15. The first-order chi connectivity index (χ1) is 11.1. The zero-order chi connectivity index (χ0) is 16.3. The molecule has 23 heavy (non-hydrogen) atoms. The molecule has 2 atom stereocenters. The van der Waals surface area contributed by atoms with Gasteiger partial charge in [0.2, 0.25) is 5.91 Å². The van der Waals surface area contributed by atoms with Gasteiger partial charge in [0, 0.05) is 25.2 Å². The van der Waals surface area contributed by atoms with Crippen LogP contribution in [0, 0.1) is 11.7 Å². The fourth-order valence-corrected chi connectivity index (χ4v) is 3.77. The lowest BCUT2D eigenvalue weighted by molar-refractivity contribution is -0.128. The number of hydrogen-bond acceptors (Lipinski definition) is 3. The van der Waals surface area contributed by atoms with Crippen molar-refractivity contribution in [1.82, 2.24) is 5.32 Å². The molecule has 1 saturated carbocycles. The summed E-state index contributed by atoms with van der Waals surface area (Å²) in [5.74, 6) is -0.614. The largest absolute Gasteiger partial charge is 0.392 e. The standard InChI is InChI=1S/C18H24FNO3/c19-14-6-4-13(5-7-14)18(8-10-23-11-9-18)12-20-17(22)15-2-1-3-16(15)21/h4-7,15-16,21H,1-3,8-12H2,(H,20,22). The second kappa shape index (κ2) is 6.97. The third-order valence-corrected chi connectivity index (χ3v) is 5.32. The average Bonchev–Trinajstić information content (AvgIpc) is 3.00. The molecule has 4 nitrogen and oxygen atoms in total. The van der Waals surface area contributed by atoms with E-state index in [9.17, 15) is 14.3 Å². The summed E-state index contributed by atoms with van der Waals surface area (Å²) in [5.41, 5.74) is 0.819. The molecule has 0 bridgehead atoms. The minimum atomic E-state index is -0.522. The van der Waals surface area contributed by atoms with E-state index in [1.165, 1.54) is 12.1 Å². The molecule has 0 spiro atoms. The van der Waals surface area contributed by atoms with Crippen LogP contribution in [0.2, 0.25) is 0 Å². The number of benzene rings is 1. The molecule has 1 aliphatic heterocycles. The lowest BCUT2D eigenvalue weighted by atomic mass is 9.74. The molecule has 0 radical (unpaired) electrons. The van der Waals surface area contributed by atoms with Crippen LogP contribution in [0.25, 0.3) is 0 Å². The Morgan fingerprint density at radius 3 is 2.57 bits per heavy atom. The zero-order valence-electron chi connectivity index (χ0n) is 13.3. The maximum atomic E-state index is 13.2. The maximum Gasteiger partial charge on any atom is 0.225 e. The average molecular weight is 321 g/mol. The van der Waals surface area contributed by atoms with Crippen molar-refractivity contribution < 1.29 is 19.0 Å². The minimum Gasteiger partial charge on any atom is -0.392 e. The van der Waals surface area contributed by atoms with Crippen LogP contribution >= 0.6 is 0 Å². The molecule has 126 valence electrons. The number of carbonyl (C=O) groups is 1. The van der Waals surface area contributed by atoms with Crippen LogP contribution in [-0.2, 0) is 14.9 Å². The Labute approximate surface area is 136 Å². The molecule has 2 N–H and O–H groups in total. The first-order valence-corrected chi connectivity index (χ1v) is 8.40. The Morgan fingerprint density at radius 2 is 1.96 bits per heavy atom. The van der Waals surface area contributed by atoms with E-state index in [-0.39, 0.29) is 23.1 Å². The van der Waals surface area contributed by atoms with Gasteiger partial charge in [-0.25, -0.2) is 4.39 Å². The van der Waals surface area contributed by atoms with E-state index in [0.717, 1.165) is 31.2 Å². The van der Waals surface area contributed by atoms with Crippen molar-refractivity contribution >= 4 is 5.91 Å².